The first-order valence-electron chi connectivity index (χ1n) is 8.11. The highest BCUT2D eigenvalue weighted by molar-refractivity contribution is 5.82. The third-order valence-electron chi connectivity index (χ3n) is 3.59. The van der Waals surface area contributed by atoms with Crippen LogP contribution in [0.25, 0.3) is 0 Å². The number of nitrogens with two attached hydrogens (primary N) is 1. The van der Waals surface area contributed by atoms with Gasteiger partial charge in [0.25, 0.3) is 0 Å². The van der Waals surface area contributed by atoms with Gasteiger partial charge >= 0.3 is 6.09 Å². The zero-order valence-corrected chi connectivity index (χ0v) is 14.8. The van der Waals surface area contributed by atoms with Gasteiger partial charge in [-0.05, 0) is 45.0 Å². The molecule has 8 nitrogen and oxygen atoms in total. The Morgan fingerprint density at radius 2 is 1.76 bits per heavy atom. The van der Waals surface area contributed by atoms with Crippen molar-refractivity contribution in [2.24, 2.45) is 10.8 Å². The van der Waals surface area contributed by atoms with Crippen LogP contribution in [0.1, 0.15) is 26.3 Å². The van der Waals surface area contributed by atoms with Crippen LogP contribution in [0.3, 0.4) is 0 Å². The van der Waals surface area contributed by atoms with E-state index in [-0.39, 0.29) is 6.09 Å². The Morgan fingerprint density at radius 3 is 2.24 bits per heavy atom. The molecule has 1 heterocycles. The minimum Gasteiger partial charge on any atom is -0.444 e. The summed E-state index contributed by atoms with van der Waals surface area (Å²) in [7, 11) is 0. The van der Waals surface area contributed by atoms with Crippen molar-refractivity contribution in [1.82, 2.24) is 15.2 Å². The molecule has 1 saturated heterocycles. The number of nitrogens with zero attached hydrogens (tertiary/aromatic N) is 4. The van der Waals surface area contributed by atoms with Crippen LogP contribution in [0.15, 0.2) is 29.3 Å². The van der Waals surface area contributed by atoms with Gasteiger partial charge in [-0.15, -0.1) is 0 Å². The topological polar surface area (TPSA) is 107 Å². The summed E-state index contributed by atoms with van der Waals surface area (Å²) in [5.41, 5.74) is 3.37. The molecular formula is C17H24N6O2. The first-order chi connectivity index (χ1) is 11.8. The summed E-state index contributed by atoms with van der Waals surface area (Å²) >= 11 is 0. The van der Waals surface area contributed by atoms with E-state index >= 15 is 0 Å². The molecule has 8 heteroatoms. The summed E-state index contributed by atoms with van der Waals surface area (Å²) in [5, 5.41) is 8.83. The third-order valence-corrected chi connectivity index (χ3v) is 3.59. The molecule has 0 aliphatic carbocycles. The molecule has 1 aliphatic rings. The minimum absolute atomic E-state index is 0.307. The number of hydrogen-bond donors (Lipinski definition) is 2. The van der Waals surface area contributed by atoms with Crippen LogP contribution in [-0.4, -0.2) is 53.6 Å². The average Bonchev–Trinajstić information content (AvgIpc) is 2.59. The largest absolute Gasteiger partial charge is 0.444 e. The van der Waals surface area contributed by atoms with Gasteiger partial charge in [0, 0.05) is 26.2 Å². The third kappa shape index (κ3) is 5.36. The Bertz CT molecular complexity index is 664. The van der Waals surface area contributed by atoms with Gasteiger partial charge in [-0.1, -0.05) is 0 Å². The Balaban J connectivity index is 1.98. The molecule has 25 heavy (non-hydrogen) atoms. The molecule has 1 aromatic carbocycles. The minimum atomic E-state index is -0.505. The van der Waals surface area contributed by atoms with E-state index in [2.05, 4.69) is 16.5 Å². The number of aliphatic imine (C=N–C) groups is 1. The van der Waals surface area contributed by atoms with Crippen molar-refractivity contribution in [2.75, 3.05) is 26.2 Å². The summed E-state index contributed by atoms with van der Waals surface area (Å²) in [6, 6.07) is 8.98. The fourth-order valence-electron chi connectivity index (χ4n) is 2.35. The van der Waals surface area contributed by atoms with Crippen LogP contribution in [-0.2, 0) is 4.74 Å². The van der Waals surface area contributed by atoms with E-state index in [0.717, 1.165) is 0 Å². The Hall–Kier alpha value is -2.79. The lowest BCUT2D eigenvalue weighted by molar-refractivity contribution is 0.0185. The van der Waals surface area contributed by atoms with Crippen molar-refractivity contribution >= 4 is 17.7 Å². The number of nitriles is 1. The van der Waals surface area contributed by atoms with E-state index in [1.165, 1.54) is 0 Å². The number of carbonyl (C=O) groups excluding carboxylic acids is 1. The summed E-state index contributed by atoms with van der Waals surface area (Å²) in [6.45, 7) is 7.80. The Kier molecular flexibility index (Phi) is 5.83. The number of hydrazine groups is 1. The monoisotopic (exact) mass is 344 g/mol. The van der Waals surface area contributed by atoms with E-state index in [9.17, 15) is 4.79 Å². The summed E-state index contributed by atoms with van der Waals surface area (Å²) in [6.07, 6.45) is -0.307. The van der Waals surface area contributed by atoms with E-state index < -0.39 is 5.60 Å². The average molecular weight is 344 g/mol. The van der Waals surface area contributed by atoms with Gasteiger partial charge in [-0.2, -0.15) is 5.26 Å². The highest BCUT2D eigenvalue weighted by Gasteiger charge is 2.26. The maximum absolute atomic E-state index is 12.1. The van der Waals surface area contributed by atoms with Gasteiger partial charge in [0.15, 0.2) is 0 Å². The maximum Gasteiger partial charge on any atom is 0.410 e. The zero-order valence-electron chi connectivity index (χ0n) is 14.8. The second kappa shape index (κ2) is 7.85. The van der Waals surface area contributed by atoms with Gasteiger partial charge < -0.3 is 14.5 Å². The van der Waals surface area contributed by atoms with Gasteiger partial charge in [0.2, 0.25) is 5.96 Å². The highest BCUT2D eigenvalue weighted by atomic mass is 16.6. The summed E-state index contributed by atoms with van der Waals surface area (Å²) in [4.78, 5) is 20.2. The lowest BCUT2D eigenvalue weighted by Gasteiger charge is -2.36. The maximum atomic E-state index is 12.1. The number of amides is 1. The predicted octanol–water partition coefficient (Wildman–Crippen LogP) is 1.56. The second-order valence-corrected chi connectivity index (χ2v) is 6.69. The smallest absolute Gasteiger partial charge is 0.410 e. The fourth-order valence-corrected chi connectivity index (χ4v) is 2.35. The number of hydrogen-bond acceptors (Lipinski definition) is 5. The molecule has 1 aromatic rings. The summed E-state index contributed by atoms with van der Waals surface area (Å²) < 4.78 is 5.39. The lowest BCUT2D eigenvalue weighted by atomic mass is 10.2. The predicted molar refractivity (Wildman–Crippen MR) is 95.0 cm³/mol. The first-order valence-corrected chi connectivity index (χ1v) is 8.11. The second-order valence-electron chi connectivity index (χ2n) is 6.69. The van der Waals surface area contributed by atoms with E-state index in [4.69, 9.17) is 15.8 Å². The summed E-state index contributed by atoms with van der Waals surface area (Å²) in [5.74, 6) is 6.13. The number of benzene rings is 1. The number of carbonyl (C=O) groups is 1. The number of ether oxygens (including phenoxy) is 1. The molecule has 1 fully saturated rings. The molecule has 0 saturated carbocycles. The molecule has 0 unspecified atom stereocenters. The first kappa shape index (κ1) is 18.5. The molecule has 0 bridgehead atoms. The SMILES string of the molecule is CC(C)(C)OC(=O)N1CCN(C(=Nc2ccc(C#N)cc2)NN)CC1. The van der Waals surface area contributed by atoms with Gasteiger partial charge in [-0.25, -0.2) is 15.6 Å². The van der Waals surface area contributed by atoms with E-state index in [1.807, 2.05) is 25.7 Å². The molecule has 3 N–H and O–H groups in total. The molecular weight excluding hydrogens is 320 g/mol. The quantitative estimate of drug-likeness (QED) is 0.346. The molecule has 0 spiro atoms. The Labute approximate surface area is 147 Å². The molecule has 1 aliphatic heterocycles. The van der Waals surface area contributed by atoms with Crippen molar-refractivity contribution in [2.45, 2.75) is 26.4 Å². The molecule has 0 aromatic heterocycles. The van der Waals surface area contributed by atoms with E-state index in [0.29, 0.717) is 43.4 Å². The van der Waals surface area contributed by atoms with Crippen molar-refractivity contribution < 1.29 is 9.53 Å². The van der Waals surface area contributed by atoms with Crippen LogP contribution in [0.5, 0.6) is 0 Å². The Morgan fingerprint density at radius 1 is 1.20 bits per heavy atom. The molecule has 0 atom stereocenters. The van der Waals surface area contributed by atoms with Crippen molar-refractivity contribution in [1.29, 1.82) is 5.26 Å². The highest BCUT2D eigenvalue weighted by Crippen LogP contribution is 2.15. The standard InChI is InChI=1S/C17H24N6O2/c1-17(2,3)25-16(24)23-10-8-22(9-11-23)15(21-19)20-14-6-4-13(12-18)5-7-14/h4-7H,8-11,19H2,1-3H3,(H,20,21). The fraction of sp³-hybridized carbons (Fsp3) is 0.471. The van der Waals surface area contributed by atoms with Crippen LogP contribution in [0, 0.1) is 11.3 Å². The van der Waals surface area contributed by atoms with Crippen molar-refractivity contribution in [3.8, 4) is 6.07 Å². The molecule has 0 radical (unpaired) electrons. The molecule has 134 valence electrons. The van der Waals surface area contributed by atoms with Gasteiger partial charge in [0.1, 0.15) is 5.60 Å². The van der Waals surface area contributed by atoms with Crippen molar-refractivity contribution in [3.05, 3.63) is 29.8 Å². The van der Waals surface area contributed by atoms with Crippen LogP contribution in [0.2, 0.25) is 0 Å². The van der Waals surface area contributed by atoms with Crippen molar-refractivity contribution in [3.63, 3.8) is 0 Å². The number of piperazine rings is 1. The number of rotatable bonds is 1. The van der Waals surface area contributed by atoms with E-state index in [1.54, 1.807) is 29.2 Å². The lowest BCUT2D eigenvalue weighted by Crippen LogP contribution is -2.55. The van der Waals surface area contributed by atoms with Crippen LogP contribution >= 0.6 is 0 Å². The number of nitrogens with one attached hydrogen (secondary N) is 1. The number of guanidine groups is 1. The molecule has 1 amide bonds. The normalized spacial score (nSPS) is 15.6. The van der Waals surface area contributed by atoms with Crippen LogP contribution in [0.4, 0.5) is 10.5 Å². The van der Waals surface area contributed by atoms with Crippen LogP contribution < -0.4 is 11.3 Å². The zero-order chi connectivity index (χ0) is 18.4. The molecule has 2 rings (SSSR count). The van der Waals surface area contributed by atoms with Gasteiger partial charge in [-0.3, -0.25) is 5.43 Å². The van der Waals surface area contributed by atoms with Gasteiger partial charge in [0.05, 0.1) is 17.3 Å².